The lowest BCUT2D eigenvalue weighted by molar-refractivity contribution is 0.413. The second-order valence-electron chi connectivity index (χ2n) is 7.23. The zero-order chi connectivity index (χ0) is 15.3. The van der Waals surface area contributed by atoms with Crippen molar-refractivity contribution < 1.29 is 0 Å². The minimum Gasteiger partial charge on any atom is -0.309 e. The summed E-state index contributed by atoms with van der Waals surface area (Å²) in [5.41, 5.74) is 1.46. The lowest BCUT2D eigenvalue weighted by Gasteiger charge is -2.20. The monoisotopic (exact) mass is 297 g/mol. The Morgan fingerprint density at radius 3 is 2.40 bits per heavy atom. The maximum absolute atomic E-state index is 4.87. The summed E-state index contributed by atoms with van der Waals surface area (Å²) in [4.78, 5) is 8.51. The largest absolute Gasteiger partial charge is 0.309 e. The summed E-state index contributed by atoms with van der Waals surface area (Å²) < 4.78 is 0. The summed E-state index contributed by atoms with van der Waals surface area (Å²) in [6.07, 6.45) is 2.14. The van der Waals surface area contributed by atoms with Crippen molar-refractivity contribution in [1.29, 1.82) is 0 Å². The third-order valence-electron chi connectivity index (χ3n) is 2.98. The van der Waals surface area contributed by atoms with Crippen LogP contribution in [0.3, 0.4) is 0 Å². The van der Waals surface area contributed by atoms with Crippen LogP contribution in [0, 0.1) is 5.92 Å². The fraction of sp³-hybridized carbons (Fsp3) is 0.812. The van der Waals surface area contributed by atoms with Gasteiger partial charge >= 0.3 is 0 Å². The number of nitrogens with zero attached hydrogens (tertiary/aromatic N) is 2. The molecule has 0 fully saturated rings. The molecule has 0 aliphatic carbocycles. The van der Waals surface area contributed by atoms with E-state index in [1.54, 1.807) is 0 Å². The fourth-order valence-corrected chi connectivity index (χ4v) is 2.92. The molecule has 0 radical (unpaired) electrons. The minimum absolute atomic E-state index is 0.156. The molecule has 116 valence electrons. The van der Waals surface area contributed by atoms with Gasteiger partial charge in [0.1, 0.15) is 0 Å². The van der Waals surface area contributed by atoms with Crippen LogP contribution >= 0.6 is 11.3 Å². The summed E-state index contributed by atoms with van der Waals surface area (Å²) in [6.45, 7) is 13.2. The van der Waals surface area contributed by atoms with Gasteiger partial charge in [-0.05, 0) is 47.2 Å². The third kappa shape index (κ3) is 6.82. The zero-order valence-electron chi connectivity index (χ0n) is 14.2. The van der Waals surface area contributed by atoms with Gasteiger partial charge in [0, 0.05) is 29.9 Å². The highest BCUT2D eigenvalue weighted by atomic mass is 32.1. The van der Waals surface area contributed by atoms with E-state index in [9.17, 15) is 0 Å². The van der Waals surface area contributed by atoms with Gasteiger partial charge in [-0.3, -0.25) is 0 Å². The smallest absolute Gasteiger partial charge is 0.0944 e. The molecule has 0 aliphatic rings. The first-order valence-electron chi connectivity index (χ1n) is 7.54. The molecular weight excluding hydrogens is 266 g/mol. The predicted octanol–water partition coefficient (Wildman–Crippen LogP) is 3.33. The number of nitrogens with one attached hydrogen (secondary N) is 1. The molecule has 1 heterocycles. The molecule has 20 heavy (non-hydrogen) atoms. The minimum atomic E-state index is 0.156. The molecule has 0 atom stereocenters. The van der Waals surface area contributed by atoms with Crippen LogP contribution in [-0.4, -0.2) is 36.1 Å². The van der Waals surface area contributed by atoms with E-state index in [-0.39, 0.29) is 5.54 Å². The molecule has 0 bridgehead atoms. The number of rotatable bonds is 7. The van der Waals surface area contributed by atoms with Gasteiger partial charge in [0.15, 0.2) is 0 Å². The van der Waals surface area contributed by atoms with Crippen molar-refractivity contribution in [2.75, 3.05) is 20.6 Å². The number of aromatic nitrogens is 1. The standard InChI is InChI=1S/C16H31N3S/c1-12(2)10-13-14(11-17-16(3,4)5)20-15(18-13)8-9-19(6)7/h12,17H,8-11H2,1-7H3. The molecule has 0 saturated carbocycles. The molecule has 0 aliphatic heterocycles. The van der Waals surface area contributed by atoms with Crippen molar-refractivity contribution in [1.82, 2.24) is 15.2 Å². The molecule has 4 heteroatoms. The quantitative estimate of drug-likeness (QED) is 0.836. The number of thiazole rings is 1. The van der Waals surface area contributed by atoms with Crippen molar-refractivity contribution in [3.05, 3.63) is 15.6 Å². The normalized spacial score (nSPS) is 12.7. The third-order valence-corrected chi connectivity index (χ3v) is 4.13. The maximum Gasteiger partial charge on any atom is 0.0944 e. The van der Waals surface area contributed by atoms with Crippen LogP contribution in [0.15, 0.2) is 0 Å². The van der Waals surface area contributed by atoms with E-state index >= 15 is 0 Å². The van der Waals surface area contributed by atoms with Crippen LogP contribution in [0.4, 0.5) is 0 Å². The van der Waals surface area contributed by atoms with Gasteiger partial charge < -0.3 is 10.2 Å². The Hall–Kier alpha value is -0.450. The van der Waals surface area contributed by atoms with E-state index in [2.05, 4.69) is 58.9 Å². The highest BCUT2D eigenvalue weighted by molar-refractivity contribution is 7.11. The molecule has 1 aromatic rings. The molecule has 0 amide bonds. The SMILES string of the molecule is CC(C)Cc1nc(CCN(C)C)sc1CNC(C)(C)C. The Bertz CT molecular complexity index is 402. The summed E-state index contributed by atoms with van der Waals surface area (Å²) in [5.74, 6) is 0.659. The van der Waals surface area contributed by atoms with E-state index in [1.807, 2.05) is 11.3 Å². The zero-order valence-corrected chi connectivity index (χ0v) is 15.0. The van der Waals surface area contributed by atoms with E-state index in [0.29, 0.717) is 5.92 Å². The van der Waals surface area contributed by atoms with Gasteiger partial charge in [-0.1, -0.05) is 13.8 Å². The summed E-state index contributed by atoms with van der Waals surface area (Å²) in [7, 11) is 4.23. The topological polar surface area (TPSA) is 28.2 Å². The van der Waals surface area contributed by atoms with Crippen molar-refractivity contribution in [2.24, 2.45) is 5.92 Å². The maximum atomic E-state index is 4.87. The molecule has 0 saturated heterocycles. The van der Waals surface area contributed by atoms with E-state index in [4.69, 9.17) is 4.98 Å². The van der Waals surface area contributed by atoms with Crippen LogP contribution < -0.4 is 5.32 Å². The first kappa shape index (κ1) is 17.6. The molecular formula is C16H31N3S. The fourth-order valence-electron chi connectivity index (χ4n) is 1.89. The molecule has 0 spiro atoms. The Labute approximate surface area is 128 Å². The second kappa shape index (κ2) is 7.53. The first-order chi connectivity index (χ1) is 9.17. The van der Waals surface area contributed by atoms with Crippen LogP contribution in [0.1, 0.15) is 50.2 Å². The highest BCUT2D eigenvalue weighted by Crippen LogP contribution is 2.22. The van der Waals surface area contributed by atoms with Gasteiger partial charge in [-0.25, -0.2) is 4.98 Å². The highest BCUT2D eigenvalue weighted by Gasteiger charge is 2.15. The average Bonchev–Trinajstić information content (AvgIpc) is 2.64. The lowest BCUT2D eigenvalue weighted by atomic mass is 10.1. The second-order valence-corrected chi connectivity index (χ2v) is 8.40. The van der Waals surface area contributed by atoms with Gasteiger partial charge in [-0.15, -0.1) is 11.3 Å². The van der Waals surface area contributed by atoms with Gasteiger partial charge in [0.2, 0.25) is 0 Å². The molecule has 0 aromatic carbocycles. The molecule has 0 unspecified atom stereocenters. The van der Waals surface area contributed by atoms with Gasteiger partial charge in [0.05, 0.1) is 10.7 Å². The van der Waals surface area contributed by atoms with Crippen molar-refractivity contribution in [2.45, 2.75) is 59.5 Å². The van der Waals surface area contributed by atoms with E-state index < -0.39 is 0 Å². The van der Waals surface area contributed by atoms with Crippen LogP contribution in [0.5, 0.6) is 0 Å². The number of hydrogen-bond donors (Lipinski definition) is 1. The van der Waals surface area contributed by atoms with Crippen molar-refractivity contribution in [3.63, 3.8) is 0 Å². The first-order valence-corrected chi connectivity index (χ1v) is 8.36. The molecule has 3 nitrogen and oxygen atoms in total. The number of hydrogen-bond acceptors (Lipinski definition) is 4. The van der Waals surface area contributed by atoms with E-state index in [0.717, 1.165) is 25.9 Å². The molecule has 1 rings (SSSR count). The summed E-state index contributed by atoms with van der Waals surface area (Å²) in [5, 5.41) is 4.87. The van der Waals surface area contributed by atoms with Gasteiger partial charge in [0.25, 0.3) is 0 Å². The summed E-state index contributed by atoms with van der Waals surface area (Å²) in [6, 6.07) is 0. The number of likely N-dealkylation sites (N-methyl/N-ethyl adjacent to an activating group) is 1. The molecule has 1 aromatic heterocycles. The Morgan fingerprint density at radius 1 is 1.25 bits per heavy atom. The predicted molar refractivity (Wildman–Crippen MR) is 89.5 cm³/mol. The Kier molecular flexibility index (Phi) is 6.62. The lowest BCUT2D eigenvalue weighted by Crippen LogP contribution is -2.35. The Morgan fingerprint density at radius 2 is 1.90 bits per heavy atom. The van der Waals surface area contributed by atoms with Crippen molar-refractivity contribution >= 4 is 11.3 Å². The Balaban J connectivity index is 2.77. The van der Waals surface area contributed by atoms with Crippen molar-refractivity contribution in [3.8, 4) is 0 Å². The molecule has 1 N–H and O–H groups in total. The average molecular weight is 298 g/mol. The van der Waals surface area contributed by atoms with Gasteiger partial charge in [-0.2, -0.15) is 0 Å². The van der Waals surface area contributed by atoms with Crippen LogP contribution in [-0.2, 0) is 19.4 Å². The summed E-state index contributed by atoms with van der Waals surface area (Å²) >= 11 is 1.88. The van der Waals surface area contributed by atoms with E-state index in [1.165, 1.54) is 15.6 Å². The van der Waals surface area contributed by atoms with Crippen LogP contribution in [0.2, 0.25) is 0 Å². The van der Waals surface area contributed by atoms with Crippen LogP contribution in [0.25, 0.3) is 0 Å².